The molecule has 4 aromatic rings. The Balaban J connectivity index is 1.10. The average Bonchev–Trinajstić information content (AvgIpc) is 3.34. The smallest absolute Gasteiger partial charge is 0.128 e. The van der Waals surface area contributed by atoms with Gasteiger partial charge in [-0.05, 0) is 53.4 Å². The van der Waals surface area contributed by atoms with E-state index in [-0.39, 0.29) is 0 Å². The quantitative estimate of drug-likeness (QED) is 0.377. The summed E-state index contributed by atoms with van der Waals surface area (Å²) in [5.41, 5.74) is 2.43. The van der Waals surface area contributed by atoms with Crippen molar-refractivity contribution in [1.29, 1.82) is 0 Å². The fraction of sp³-hybridized carbons (Fsp3) is 0.333. The third kappa shape index (κ3) is 4.85. The number of aromatic nitrogens is 1. The molecule has 7 rings (SSSR count). The summed E-state index contributed by atoms with van der Waals surface area (Å²) >= 11 is 0. The lowest BCUT2D eigenvalue weighted by atomic mass is 9.96. The molecule has 3 aromatic carbocycles. The molecule has 5 nitrogen and oxygen atoms in total. The Morgan fingerprint density at radius 1 is 0.886 bits per heavy atom. The monoisotopic (exact) mass is 467 g/mol. The fourth-order valence-electron chi connectivity index (χ4n) is 5.71. The van der Waals surface area contributed by atoms with Gasteiger partial charge < -0.3 is 14.8 Å². The van der Waals surface area contributed by atoms with Crippen LogP contribution in [-0.4, -0.2) is 64.3 Å². The second-order valence-corrected chi connectivity index (χ2v) is 9.98. The van der Waals surface area contributed by atoms with E-state index in [9.17, 15) is 5.11 Å². The van der Waals surface area contributed by atoms with Gasteiger partial charge in [-0.2, -0.15) is 0 Å². The van der Waals surface area contributed by atoms with Crippen molar-refractivity contribution in [2.75, 3.05) is 26.2 Å². The number of aliphatic hydroxyl groups is 1. The SMILES string of the molecule is OC(COc1cccc2[nH]ccc12)CN1CC2C/C=C\CC1CN2Cc1ccc2ccccc2c1. The number of aromatic amines is 1. The summed E-state index contributed by atoms with van der Waals surface area (Å²) in [7, 11) is 0. The molecule has 0 saturated carbocycles. The van der Waals surface area contributed by atoms with Crippen LogP contribution in [0.15, 0.2) is 85.1 Å². The molecule has 1 saturated heterocycles. The number of hydrogen-bond acceptors (Lipinski definition) is 4. The maximum atomic E-state index is 10.9. The fourth-order valence-corrected chi connectivity index (χ4v) is 5.71. The largest absolute Gasteiger partial charge is 0.490 e. The molecule has 35 heavy (non-hydrogen) atoms. The van der Waals surface area contributed by atoms with Crippen molar-refractivity contribution in [3.05, 3.63) is 90.6 Å². The second kappa shape index (κ2) is 9.86. The van der Waals surface area contributed by atoms with Gasteiger partial charge in [0.15, 0.2) is 0 Å². The molecule has 0 spiro atoms. The first kappa shape index (κ1) is 22.4. The van der Waals surface area contributed by atoms with Gasteiger partial charge in [-0.1, -0.05) is 54.6 Å². The maximum Gasteiger partial charge on any atom is 0.128 e. The average molecular weight is 468 g/mol. The Labute approximate surface area is 206 Å². The van der Waals surface area contributed by atoms with E-state index in [1.165, 1.54) is 16.3 Å². The topological polar surface area (TPSA) is 51.7 Å². The van der Waals surface area contributed by atoms with Gasteiger partial charge in [0.25, 0.3) is 0 Å². The molecule has 3 aliphatic heterocycles. The number of rotatable bonds is 7. The van der Waals surface area contributed by atoms with Crippen LogP contribution in [0.2, 0.25) is 0 Å². The zero-order chi connectivity index (χ0) is 23.6. The molecular weight excluding hydrogens is 434 g/mol. The Kier molecular flexibility index (Phi) is 6.30. The molecule has 2 bridgehead atoms. The lowest BCUT2D eigenvalue weighted by Gasteiger charge is -2.47. The van der Waals surface area contributed by atoms with E-state index < -0.39 is 6.10 Å². The first-order valence-corrected chi connectivity index (χ1v) is 12.7. The molecule has 2 N–H and O–H groups in total. The molecule has 4 heterocycles. The minimum atomic E-state index is -0.525. The van der Waals surface area contributed by atoms with Crippen molar-refractivity contribution in [2.24, 2.45) is 0 Å². The van der Waals surface area contributed by atoms with Crippen LogP contribution < -0.4 is 4.74 Å². The van der Waals surface area contributed by atoms with Crippen molar-refractivity contribution >= 4 is 21.7 Å². The molecular formula is C30H33N3O2. The van der Waals surface area contributed by atoms with Crippen molar-refractivity contribution in [3.63, 3.8) is 0 Å². The van der Waals surface area contributed by atoms with E-state index in [2.05, 4.69) is 69.4 Å². The van der Waals surface area contributed by atoms with Crippen LogP contribution >= 0.6 is 0 Å². The molecule has 0 aliphatic carbocycles. The number of piperazine rings is 1. The number of ether oxygens (including phenoxy) is 1. The van der Waals surface area contributed by atoms with Crippen LogP contribution in [-0.2, 0) is 6.54 Å². The van der Waals surface area contributed by atoms with Crippen molar-refractivity contribution in [3.8, 4) is 5.75 Å². The number of hydrogen-bond donors (Lipinski definition) is 2. The van der Waals surface area contributed by atoms with Crippen LogP contribution in [0.25, 0.3) is 21.7 Å². The van der Waals surface area contributed by atoms with E-state index in [0.29, 0.717) is 25.2 Å². The highest BCUT2D eigenvalue weighted by molar-refractivity contribution is 5.85. The number of fused-ring (bicyclic) bond motifs is 6. The molecule has 5 heteroatoms. The zero-order valence-corrected chi connectivity index (χ0v) is 20.0. The Hall–Kier alpha value is -3.12. The van der Waals surface area contributed by atoms with Gasteiger partial charge >= 0.3 is 0 Å². The maximum absolute atomic E-state index is 10.9. The van der Waals surface area contributed by atoms with Gasteiger partial charge in [0, 0.05) is 55.4 Å². The van der Waals surface area contributed by atoms with E-state index in [1.807, 2.05) is 30.5 Å². The third-order valence-electron chi connectivity index (χ3n) is 7.54. The lowest BCUT2D eigenvalue weighted by Crippen LogP contribution is -2.59. The van der Waals surface area contributed by atoms with Crippen LogP contribution in [0.5, 0.6) is 5.75 Å². The van der Waals surface area contributed by atoms with Crippen LogP contribution in [0, 0.1) is 0 Å². The number of benzene rings is 3. The summed E-state index contributed by atoms with van der Waals surface area (Å²) in [5, 5.41) is 14.5. The Bertz CT molecular complexity index is 1330. The summed E-state index contributed by atoms with van der Waals surface area (Å²) in [6, 6.07) is 24.3. The predicted octanol–water partition coefficient (Wildman–Crippen LogP) is 4.97. The summed E-state index contributed by atoms with van der Waals surface area (Å²) < 4.78 is 6.03. The van der Waals surface area contributed by atoms with Crippen LogP contribution in [0.1, 0.15) is 18.4 Å². The van der Waals surface area contributed by atoms with Gasteiger partial charge in [0.1, 0.15) is 18.5 Å². The molecule has 1 fully saturated rings. The minimum Gasteiger partial charge on any atom is -0.490 e. The highest BCUT2D eigenvalue weighted by atomic mass is 16.5. The molecule has 180 valence electrons. The summed E-state index contributed by atoms with van der Waals surface area (Å²) in [4.78, 5) is 8.34. The zero-order valence-electron chi connectivity index (χ0n) is 20.0. The lowest BCUT2D eigenvalue weighted by molar-refractivity contribution is -0.0124. The molecule has 1 aromatic heterocycles. The third-order valence-corrected chi connectivity index (χ3v) is 7.54. The summed E-state index contributed by atoms with van der Waals surface area (Å²) in [5.74, 6) is 0.821. The number of aliphatic hydroxyl groups excluding tert-OH is 1. The van der Waals surface area contributed by atoms with Crippen molar-refractivity contribution in [2.45, 2.75) is 37.6 Å². The Morgan fingerprint density at radius 2 is 1.69 bits per heavy atom. The van der Waals surface area contributed by atoms with Gasteiger partial charge in [0.05, 0.1) is 0 Å². The number of nitrogens with one attached hydrogen (secondary N) is 1. The summed E-state index contributed by atoms with van der Waals surface area (Å²) in [6.07, 6.45) is 8.14. The molecule has 0 radical (unpaired) electrons. The van der Waals surface area contributed by atoms with Crippen LogP contribution in [0.4, 0.5) is 0 Å². The number of nitrogens with zero attached hydrogens (tertiary/aromatic N) is 2. The van der Waals surface area contributed by atoms with E-state index in [0.717, 1.165) is 49.1 Å². The van der Waals surface area contributed by atoms with Crippen molar-refractivity contribution in [1.82, 2.24) is 14.8 Å². The van der Waals surface area contributed by atoms with Crippen LogP contribution in [0.3, 0.4) is 0 Å². The van der Waals surface area contributed by atoms with E-state index in [4.69, 9.17) is 4.74 Å². The molecule has 3 unspecified atom stereocenters. The first-order valence-electron chi connectivity index (χ1n) is 12.7. The molecule has 0 amide bonds. The predicted molar refractivity (Wildman–Crippen MR) is 142 cm³/mol. The van der Waals surface area contributed by atoms with E-state index >= 15 is 0 Å². The summed E-state index contributed by atoms with van der Waals surface area (Å²) in [6.45, 7) is 3.92. The number of H-pyrrole nitrogens is 1. The molecule has 3 atom stereocenters. The van der Waals surface area contributed by atoms with E-state index in [1.54, 1.807) is 0 Å². The second-order valence-electron chi connectivity index (χ2n) is 9.98. The highest BCUT2D eigenvalue weighted by Crippen LogP contribution is 2.27. The first-order chi connectivity index (χ1) is 17.2. The molecule has 3 aliphatic rings. The minimum absolute atomic E-state index is 0.300. The highest BCUT2D eigenvalue weighted by Gasteiger charge is 2.34. The Morgan fingerprint density at radius 3 is 2.57 bits per heavy atom. The van der Waals surface area contributed by atoms with Gasteiger partial charge in [-0.15, -0.1) is 0 Å². The van der Waals surface area contributed by atoms with Crippen molar-refractivity contribution < 1.29 is 9.84 Å². The van der Waals surface area contributed by atoms with Gasteiger partial charge in [-0.25, -0.2) is 0 Å². The van der Waals surface area contributed by atoms with Gasteiger partial charge in [0.2, 0.25) is 0 Å². The standard InChI is InChI=1S/C30H33N3O2/c34-27(21-35-30-11-5-10-29-28(30)14-15-31-29)20-33-19-25-8-3-4-9-26(33)18-32(25)17-22-12-13-23-6-1-2-7-24(23)16-22/h1-7,10-16,25-27,31,34H,8-9,17-21H2/b4-3-. The van der Waals surface area contributed by atoms with Gasteiger partial charge in [-0.3, -0.25) is 9.80 Å². The normalized spacial score (nSPS) is 22.8.